The summed E-state index contributed by atoms with van der Waals surface area (Å²) < 4.78 is 5.89. The van der Waals surface area contributed by atoms with E-state index in [-0.39, 0.29) is 5.91 Å². The van der Waals surface area contributed by atoms with Crippen LogP contribution in [0.3, 0.4) is 0 Å². The van der Waals surface area contributed by atoms with Gasteiger partial charge in [0.15, 0.2) is 0 Å². The van der Waals surface area contributed by atoms with Crippen LogP contribution >= 0.6 is 11.3 Å². The number of benzene rings is 2. The largest absolute Gasteiger partial charge is 0.457 e. The quantitative estimate of drug-likeness (QED) is 0.467. The van der Waals surface area contributed by atoms with Crippen molar-refractivity contribution in [2.45, 2.75) is 45.1 Å². The number of aromatic nitrogens is 1. The predicted octanol–water partition coefficient (Wildman–Crippen LogP) is 6.00. The maximum Gasteiger partial charge on any atom is 0.265 e. The van der Waals surface area contributed by atoms with Crippen LogP contribution in [0, 0.1) is 6.92 Å². The fraction of sp³-hybridized carbons (Fsp3) is 0.407. The number of likely N-dealkylation sites (tertiary alicyclic amines) is 2. The van der Waals surface area contributed by atoms with Crippen molar-refractivity contribution in [1.82, 2.24) is 14.8 Å². The van der Waals surface area contributed by atoms with Gasteiger partial charge in [0.25, 0.3) is 5.91 Å². The molecule has 0 unspecified atom stereocenters. The first-order valence-electron chi connectivity index (χ1n) is 12.0. The number of amides is 1. The maximum absolute atomic E-state index is 13.3. The number of thiazole rings is 1. The second-order valence-corrected chi connectivity index (χ2v) is 9.99. The van der Waals surface area contributed by atoms with E-state index in [4.69, 9.17) is 9.72 Å². The lowest BCUT2D eigenvalue weighted by Gasteiger charge is -2.40. The molecule has 5 rings (SSSR count). The standard InChI is InChI=1S/C27H31N3O2S/c1-20-25(27(31)30-18-14-22(15-19-30)29-16-6-3-7-17-29)33-26(28-20)21-10-12-24(13-11-21)32-23-8-4-2-5-9-23/h2,4-5,8-13,22H,3,6-7,14-19H2,1H3. The van der Waals surface area contributed by atoms with Crippen LogP contribution in [0.15, 0.2) is 54.6 Å². The van der Waals surface area contributed by atoms with E-state index >= 15 is 0 Å². The van der Waals surface area contributed by atoms with Crippen molar-refractivity contribution in [2.24, 2.45) is 0 Å². The van der Waals surface area contributed by atoms with E-state index in [1.165, 1.54) is 43.7 Å². The van der Waals surface area contributed by atoms with E-state index in [2.05, 4.69) is 4.90 Å². The molecular formula is C27H31N3O2S. The molecule has 2 fully saturated rings. The smallest absolute Gasteiger partial charge is 0.265 e. The highest BCUT2D eigenvalue weighted by molar-refractivity contribution is 7.17. The summed E-state index contributed by atoms with van der Waals surface area (Å²) in [4.78, 5) is 23.4. The Morgan fingerprint density at radius 2 is 1.58 bits per heavy atom. The number of piperidine rings is 2. The van der Waals surface area contributed by atoms with Gasteiger partial charge in [0, 0.05) is 24.7 Å². The van der Waals surface area contributed by atoms with Crippen molar-refractivity contribution in [2.75, 3.05) is 26.2 Å². The van der Waals surface area contributed by atoms with Gasteiger partial charge in [0.1, 0.15) is 21.4 Å². The summed E-state index contributed by atoms with van der Waals surface area (Å²) in [5.41, 5.74) is 1.83. The van der Waals surface area contributed by atoms with Crippen LogP contribution in [0.5, 0.6) is 11.5 Å². The summed E-state index contributed by atoms with van der Waals surface area (Å²) in [5.74, 6) is 1.73. The van der Waals surface area contributed by atoms with Crippen LogP contribution in [0.1, 0.15) is 47.5 Å². The summed E-state index contributed by atoms with van der Waals surface area (Å²) in [6.45, 7) is 6.09. The molecular weight excluding hydrogens is 430 g/mol. The summed E-state index contributed by atoms with van der Waals surface area (Å²) in [7, 11) is 0. The zero-order chi connectivity index (χ0) is 22.6. The van der Waals surface area contributed by atoms with E-state index < -0.39 is 0 Å². The van der Waals surface area contributed by atoms with E-state index in [9.17, 15) is 4.79 Å². The number of hydrogen-bond donors (Lipinski definition) is 0. The molecule has 1 aromatic heterocycles. The first-order chi connectivity index (χ1) is 16.2. The Morgan fingerprint density at radius 3 is 2.27 bits per heavy atom. The van der Waals surface area contributed by atoms with Gasteiger partial charge in [0.05, 0.1) is 5.69 Å². The third-order valence-electron chi connectivity index (χ3n) is 6.73. The highest BCUT2D eigenvalue weighted by Crippen LogP contribution is 2.32. The monoisotopic (exact) mass is 461 g/mol. The summed E-state index contributed by atoms with van der Waals surface area (Å²) in [6, 6.07) is 18.3. The lowest BCUT2D eigenvalue weighted by molar-refractivity contribution is 0.0593. The molecule has 2 aliphatic heterocycles. The molecule has 0 radical (unpaired) electrons. The second-order valence-electron chi connectivity index (χ2n) is 8.99. The van der Waals surface area contributed by atoms with Crippen molar-refractivity contribution in [3.8, 4) is 22.1 Å². The van der Waals surface area contributed by atoms with Gasteiger partial charge in [-0.2, -0.15) is 0 Å². The van der Waals surface area contributed by atoms with E-state index in [0.29, 0.717) is 6.04 Å². The maximum atomic E-state index is 13.3. The van der Waals surface area contributed by atoms with Gasteiger partial charge in [-0.3, -0.25) is 4.79 Å². The zero-order valence-corrected chi connectivity index (χ0v) is 20.0. The van der Waals surface area contributed by atoms with Gasteiger partial charge in [-0.1, -0.05) is 24.6 Å². The lowest BCUT2D eigenvalue weighted by Crippen LogP contribution is -2.48. The molecule has 172 valence electrons. The van der Waals surface area contributed by atoms with Crippen LogP contribution in [0.25, 0.3) is 10.6 Å². The van der Waals surface area contributed by atoms with Crippen LogP contribution in [0.4, 0.5) is 0 Å². The molecule has 0 atom stereocenters. The number of ether oxygens (including phenoxy) is 1. The Kier molecular flexibility index (Phi) is 6.74. The number of nitrogens with zero attached hydrogens (tertiary/aromatic N) is 3. The average Bonchev–Trinajstić information content (AvgIpc) is 3.27. The molecule has 0 spiro atoms. The van der Waals surface area contributed by atoms with Gasteiger partial charge in [-0.15, -0.1) is 11.3 Å². The Morgan fingerprint density at radius 1 is 0.909 bits per heavy atom. The van der Waals surface area contributed by atoms with Crippen molar-refractivity contribution in [1.29, 1.82) is 0 Å². The fourth-order valence-corrected chi connectivity index (χ4v) is 5.91. The normalized spacial score (nSPS) is 17.8. The molecule has 5 nitrogen and oxygen atoms in total. The van der Waals surface area contributed by atoms with Crippen LogP contribution in [-0.2, 0) is 0 Å². The minimum Gasteiger partial charge on any atom is -0.457 e. The topological polar surface area (TPSA) is 45.7 Å². The molecule has 0 N–H and O–H groups in total. The summed E-state index contributed by atoms with van der Waals surface area (Å²) >= 11 is 1.50. The highest BCUT2D eigenvalue weighted by Gasteiger charge is 2.29. The third kappa shape index (κ3) is 5.12. The van der Waals surface area contributed by atoms with Crippen LogP contribution < -0.4 is 4.74 Å². The number of carbonyl (C=O) groups excluding carboxylic acids is 1. The molecule has 1 amide bonds. The van der Waals surface area contributed by atoms with Gasteiger partial charge in [-0.05, 0) is 82.1 Å². The molecule has 0 saturated carbocycles. The van der Waals surface area contributed by atoms with Gasteiger partial charge in [-0.25, -0.2) is 4.98 Å². The van der Waals surface area contributed by atoms with Crippen molar-refractivity contribution in [3.63, 3.8) is 0 Å². The molecule has 0 aliphatic carbocycles. The molecule has 33 heavy (non-hydrogen) atoms. The number of rotatable bonds is 5. The predicted molar refractivity (Wildman–Crippen MR) is 133 cm³/mol. The van der Waals surface area contributed by atoms with Crippen LogP contribution in [-0.4, -0.2) is 52.9 Å². The van der Waals surface area contributed by atoms with Crippen molar-refractivity contribution < 1.29 is 9.53 Å². The van der Waals surface area contributed by atoms with Crippen molar-refractivity contribution in [3.05, 3.63) is 65.2 Å². The second kappa shape index (κ2) is 10.1. The Bertz CT molecular complexity index is 1070. The molecule has 2 aromatic carbocycles. The molecule has 0 bridgehead atoms. The fourth-order valence-electron chi connectivity index (χ4n) is 4.87. The first kappa shape index (κ1) is 22.1. The Labute approximate surface area is 200 Å². The average molecular weight is 462 g/mol. The van der Waals surface area contributed by atoms with Gasteiger partial charge in [0.2, 0.25) is 0 Å². The number of aryl methyl sites for hydroxylation is 1. The van der Waals surface area contributed by atoms with Gasteiger partial charge >= 0.3 is 0 Å². The molecule has 2 aliphatic rings. The first-order valence-corrected chi connectivity index (χ1v) is 12.8. The molecule has 2 saturated heterocycles. The van der Waals surface area contributed by atoms with Gasteiger partial charge < -0.3 is 14.5 Å². The zero-order valence-electron chi connectivity index (χ0n) is 19.2. The minimum absolute atomic E-state index is 0.136. The number of hydrogen-bond acceptors (Lipinski definition) is 5. The third-order valence-corrected chi connectivity index (χ3v) is 7.92. The molecule has 3 heterocycles. The van der Waals surface area contributed by atoms with Crippen LogP contribution in [0.2, 0.25) is 0 Å². The lowest BCUT2D eigenvalue weighted by atomic mass is 10.00. The van der Waals surface area contributed by atoms with Crippen molar-refractivity contribution >= 4 is 17.2 Å². The van der Waals surface area contributed by atoms with E-state index in [1.807, 2.05) is 66.4 Å². The highest BCUT2D eigenvalue weighted by atomic mass is 32.1. The summed E-state index contributed by atoms with van der Waals surface area (Å²) in [6.07, 6.45) is 6.17. The van der Waals surface area contributed by atoms with E-state index in [0.717, 1.165) is 58.6 Å². The van der Waals surface area contributed by atoms with E-state index in [1.54, 1.807) is 0 Å². The Hall–Kier alpha value is -2.70. The Balaban J connectivity index is 1.22. The SMILES string of the molecule is Cc1nc(-c2ccc(Oc3ccccc3)cc2)sc1C(=O)N1CCC(N2CCCCC2)CC1. The molecule has 3 aromatic rings. The molecule has 6 heteroatoms. The number of carbonyl (C=O) groups is 1. The summed E-state index contributed by atoms with van der Waals surface area (Å²) in [5, 5.41) is 0.880. The number of para-hydroxylation sites is 1. The minimum atomic E-state index is 0.136.